The zero-order valence-electron chi connectivity index (χ0n) is 36.3. The van der Waals surface area contributed by atoms with Crippen molar-refractivity contribution in [2.75, 3.05) is 0 Å². The maximum Gasteiger partial charge on any atom is 0.331 e. The number of rotatable bonds is 4. The molecule has 1 N–H and O–H groups in total. The van der Waals surface area contributed by atoms with Crippen LogP contribution in [0.15, 0.2) is 23.8 Å². The molecule has 0 bridgehead atoms. The van der Waals surface area contributed by atoms with E-state index in [1.54, 1.807) is 0 Å². The Hall–Kier alpha value is -1.05. The van der Waals surface area contributed by atoms with Crippen LogP contribution >= 0.6 is 0 Å². The second-order valence-corrected chi connectivity index (χ2v) is 24.3. The van der Waals surface area contributed by atoms with Gasteiger partial charge in [-0.15, -0.1) is 6.58 Å². The molecule has 0 amide bonds. The Morgan fingerprint density at radius 1 is 0.500 bits per heavy atom. The third kappa shape index (κ3) is 8.87. The number of hydrogen-bond donors (Lipinski definition) is 1. The molecule has 0 spiro atoms. The van der Waals surface area contributed by atoms with Crippen LogP contribution < -0.4 is 0 Å². The lowest BCUT2D eigenvalue weighted by molar-refractivity contribution is -0.139. The molecule has 2 heteroatoms. The lowest BCUT2D eigenvalue weighted by atomic mass is 9.40. The molecular formula is C46H84O2. The van der Waals surface area contributed by atoms with Crippen molar-refractivity contribution < 1.29 is 9.90 Å². The normalized spacial score (nSPS) is 34.0. The molecule has 2 saturated carbocycles. The molecule has 2 aliphatic rings. The summed E-state index contributed by atoms with van der Waals surface area (Å²) in [4.78, 5) is 13.5. The minimum Gasteiger partial charge on any atom is -0.478 e. The zero-order valence-corrected chi connectivity index (χ0v) is 36.3. The number of hydrogen-bond acceptors (Lipinski definition) is 1. The van der Waals surface area contributed by atoms with Crippen molar-refractivity contribution in [1.82, 2.24) is 0 Å². The van der Waals surface area contributed by atoms with Crippen LogP contribution in [0.25, 0.3) is 0 Å². The number of carboxylic acids is 1. The van der Waals surface area contributed by atoms with Gasteiger partial charge in [-0.3, -0.25) is 0 Å². The molecule has 0 radical (unpaired) electrons. The van der Waals surface area contributed by atoms with Gasteiger partial charge in [0.1, 0.15) is 0 Å². The summed E-state index contributed by atoms with van der Waals surface area (Å²) in [6.07, 6.45) is 4.38. The van der Waals surface area contributed by atoms with Gasteiger partial charge in [-0.05, 0) is 117 Å². The Morgan fingerprint density at radius 3 is 1.08 bits per heavy atom. The first-order valence-electron chi connectivity index (χ1n) is 19.6. The van der Waals surface area contributed by atoms with E-state index in [2.05, 4.69) is 158 Å². The van der Waals surface area contributed by atoms with E-state index in [0.717, 1.165) is 12.8 Å². The maximum atomic E-state index is 13.5. The summed E-state index contributed by atoms with van der Waals surface area (Å²) in [6.45, 7) is 57.9. The molecule has 0 heterocycles. The van der Waals surface area contributed by atoms with Crippen LogP contribution in [-0.2, 0) is 4.79 Å². The van der Waals surface area contributed by atoms with Crippen LogP contribution in [0.2, 0.25) is 0 Å². The highest BCUT2D eigenvalue weighted by Gasteiger charge is 2.61. The highest BCUT2D eigenvalue weighted by molar-refractivity contribution is 5.87. The summed E-state index contributed by atoms with van der Waals surface area (Å²) in [5.41, 5.74) is 2.34. The first-order valence-corrected chi connectivity index (χ1v) is 19.6. The fourth-order valence-electron chi connectivity index (χ4n) is 12.0. The number of carbonyl (C=O) groups is 1. The molecule has 2 rings (SSSR count). The fourth-order valence-corrected chi connectivity index (χ4v) is 12.0. The predicted octanol–water partition coefficient (Wildman–Crippen LogP) is 13.9. The van der Waals surface area contributed by atoms with Crippen LogP contribution in [0.4, 0.5) is 0 Å². The average molecular weight is 669 g/mol. The lowest BCUT2D eigenvalue weighted by Crippen LogP contribution is -2.58. The Labute approximate surface area is 301 Å². The van der Waals surface area contributed by atoms with Gasteiger partial charge in [0.2, 0.25) is 0 Å². The summed E-state index contributed by atoms with van der Waals surface area (Å²) in [5, 5.41) is 11.1. The summed E-state index contributed by atoms with van der Waals surface area (Å²) in [7, 11) is 0. The van der Waals surface area contributed by atoms with Gasteiger partial charge < -0.3 is 5.11 Å². The third-order valence-corrected chi connectivity index (χ3v) is 13.4. The van der Waals surface area contributed by atoms with Gasteiger partial charge in [-0.1, -0.05) is 157 Å². The van der Waals surface area contributed by atoms with Gasteiger partial charge in [-0.2, -0.15) is 0 Å². The molecule has 280 valence electrons. The van der Waals surface area contributed by atoms with Crippen LogP contribution in [0.5, 0.6) is 0 Å². The van der Waals surface area contributed by atoms with Crippen molar-refractivity contribution in [3.8, 4) is 0 Å². The van der Waals surface area contributed by atoms with Crippen LogP contribution in [0, 0.1) is 97.1 Å². The molecule has 0 aromatic rings. The minimum absolute atomic E-state index is 0.000108. The van der Waals surface area contributed by atoms with Gasteiger partial charge in [0, 0.05) is 5.57 Å². The molecule has 10 unspecified atom stereocenters. The summed E-state index contributed by atoms with van der Waals surface area (Å²) >= 11 is 0. The smallest absolute Gasteiger partial charge is 0.331 e. The molecule has 0 aliphatic heterocycles. The fraction of sp³-hybridized carbons (Fsp3) is 0.891. The first kappa shape index (κ1) is 43.1. The van der Waals surface area contributed by atoms with Crippen molar-refractivity contribution in [1.29, 1.82) is 0 Å². The lowest BCUT2D eigenvalue weighted by Gasteiger charge is -2.64. The summed E-state index contributed by atoms with van der Waals surface area (Å²) < 4.78 is 0. The van der Waals surface area contributed by atoms with E-state index in [0.29, 0.717) is 52.9 Å². The van der Waals surface area contributed by atoms with Gasteiger partial charge in [0.15, 0.2) is 0 Å². The van der Waals surface area contributed by atoms with Crippen LogP contribution in [-0.4, -0.2) is 11.1 Å². The largest absolute Gasteiger partial charge is 0.478 e. The molecule has 0 aromatic heterocycles. The van der Waals surface area contributed by atoms with Crippen molar-refractivity contribution in [2.45, 2.75) is 165 Å². The number of allylic oxidation sites excluding steroid dienone is 2. The van der Waals surface area contributed by atoms with Crippen molar-refractivity contribution in [2.24, 2.45) is 97.1 Å². The molecule has 10 atom stereocenters. The van der Waals surface area contributed by atoms with Crippen LogP contribution in [0.3, 0.4) is 0 Å². The van der Waals surface area contributed by atoms with Gasteiger partial charge in [0.25, 0.3) is 0 Å². The Balaban J connectivity index is 3.22. The second-order valence-electron chi connectivity index (χ2n) is 24.3. The second kappa shape index (κ2) is 13.5. The number of carboxylic acid groups (broad SMARTS) is 1. The molecular weight excluding hydrogens is 585 g/mol. The monoisotopic (exact) mass is 669 g/mol. The van der Waals surface area contributed by atoms with Gasteiger partial charge in [0.05, 0.1) is 0 Å². The summed E-state index contributed by atoms with van der Waals surface area (Å²) in [5.74, 6) is 2.89. The van der Waals surface area contributed by atoms with Crippen molar-refractivity contribution in [3.05, 3.63) is 23.8 Å². The molecule has 48 heavy (non-hydrogen) atoms. The topological polar surface area (TPSA) is 37.3 Å². The van der Waals surface area contributed by atoms with Crippen molar-refractivity contribution >= 4 is 5.97 Å². The Kier molecular flexibility index (Phi) is 12.1. The van der Waals surface area contributed by atoms with E-state index in [-0.39, 0.29) is 49.7 Å². The molecule has 0 saturated heterocycles. The van der Waals surface area contributed by atoms with E-state index in [1.165, 1.54) is 5.57 Å². The first-order chi connectivity index (χ1) is 21.0. The molecule has 0 aromatic carbocycles. The minimum atomic E-state index is -0.733. The SMILES string of the molecule is C=CC1C(C(C)(C)C)C(C(=C(C)C(=O)O)C2CC(C(C)(C)C)C(C(C)(C)C)C(C(C)(C)C)C2C(C)(C)C)CC(C(C)(C)C)C1C(C)(C)C. The van der Waals surface area contributed by atoms with Crippen LogP contribution in [0.1, 0.15) is 165 Å². The van der Waals surface area contributed by atoms with E-state index in [1.807, 2.05) is 6.92 Å². The molecule has 2 aliphatic carbocycles. The Morgan fingerprint density at radius 2 is 0.812 bits per heavy atom. The predicted molar refractivity (Wildman–Crippen MR) is 211 cm³/mol. The molecule has 2 nitrogen and oxygen atoms in total. The quantitative estimate of drug-likeness (QED) is 0.239. The van der Waals surface area contributed by atoms with E-state index < -0.39 is 5.97 Å². The van der Waals surface area contributed by atoms with Gasteiger partial charge >= 0.3 is 5.97 Å². The zero-order chi connectivity index (χ0) is 38.1. The van der Waals surface area contributed by atoms with Gasteiger partial charge in [-0.25, -0.2) is 4.79 Å². The van der Waals surface area contributed by atoms with E-state index in [4.69, 9.17) is 0 Å². The van der Waals surface area contributed by atoms with Crippen molar-refractivity contribution in [3.63, 3.8) is 0 Å². The highest BCUT2D eigenvalue weighted by atomic mass is 16.4. The molecule has 2 fully saturated rings. The van der Waals surface area contributed by atoms with E-state index >= 15 is 0 Å². The standard InChI is InChI=1S/C46H84O2/c1-24-28-34(42(9,10)11)29(25-31(40(3,4)5)35(28)43(12,13)14)33(27(2)39(47)48)30-26-32(41(6,7)8)37(45(18,19)20)38(46(21,22)23)36(30)44(15,16)17/h24,28-32,34-38H,1,25-26H2,2-23H3,(H,47,48). The average Bonchev–Trinajstić information content (AvgIpc) is 2.82. The number of aliphatic carboxylic acids is 1. The maximum absolute atomic E-state index is 13.5. The summed E-state index contributed by atoms with van der Waals surface area (Å²) in [6, 6.07) is 0. The third-order valence-electron chi connectivity index (χ3n) is 13.4. The highest BCUT2D eigenvalue weighted by Crippen LogP contribution is 2.67. The van der Waals surface area contributed by atoms with E-state index in [9.17, 15) is 9.90 Å². The Bertz CT molecular complexity index is 1160.